The third-order valence-electron chi connectivity index (χ3n) is 4.75. The first-order chi connectivity index (χ1) is 13.6. The van der Waals surface area contributed by atoms with E-state index in [-0.39, 0.29) is 18.3 Å². The molecule has 0 aliphatic rings. The fraction of sp³-hybridized carbons (Fsp3) is 0.304. The maximum atomic E-state index is 13.2. The molecular weight excluding hydrogens is 384 g/mol. The molecule has 0 spiro atoms. The molecule has 3 rings (SSSR count). The van der Waals surface area contributed by atoms with E-state index in [2.05, 4.69) is 11.2 Å². The molecule has 0 bridgehead atoms. The number of amides is 1. The zero-order chi connectivity index (χ0) is 19.9. The third-order valence-corrected chi connectivity index (χ3v) is 4.75. The number of rotatable bonds is 8. The zero-order valence-corrected chi connectivity index (χ0v) is 17.9. The normalized spacial score (nSPS) is 10.4. The van der Waals surface area contributed by atoms with Crippen LogP contribution in [0.25, 0.3) is 0 Å². The molecule has 0 radical (unpaired) electrons. The van der Waals surface area contributed by atoms with Gasteiger partial charge in [-0.1, -0.05) is 42.5 Å². The van der Waals surface area contributed by atoms with Crippen LogP contribution < -0.4 is 5.73 Å². The maximum absolute atomic E-state index is 13.2. The van der Waals surface area contributed by atoms with Crippen molar-refractivity contribution in [3.8, 4) is 0 Å². The van der Waals surface area contributed by atoms with Crippen LogP contribution in [-0.4, -0.2) is 33.7 Å². The summed E-state index contributed by atoms with van der Waals surface area (Å²) in [5.41, 5.74) is 10.7. The van der Waals surface area contributed by atoms with Crippen molar-refractivity contribution in [1.82, 2.24) is 14.7 Å². The van der Waals surface area contributed by atoms with Crippen molar-refractivity contribution in [3.63, 3.8) is 0 Å². The average Bonchev–Trinajstić information content (AvgIpc) is 3.02. The Balaban J connectivity index is 0.00000300. The van der Waals surface area contributed by atoms with Gasteiger partial charge in [0.2, 0.25) is 0 Å². The summed E-state index contributed by atoms with van der Waals surface area (Å²) >= 11 is 0. The fourth-order valence-corrected chi connectivity index (χ4v) is 3.33. The molecule has 6 heteroatoms. The minimum Gasteiger partial charge on any atom is -0.334 e. The smallest absolute Gasteiger partial charge is 0.254 e. The highest BCUT2D eigenvalue weighted by atomic mass is 35.5. The molecule has 1 aromatic heterocycles. The minimum absolute atomic E-state index is 0. The van der Waals surface area contributed by atoms with Gasteiger partial charge in [0.25, 0.3) is 5.91 Å². The molecule has 29 heavy (non-hydrogen) atoms. The molecule has 2 N–H and O–H groups in total. The lowest BCUT2D eigenvalue weighted by molar-refractivity contribution is 0.0742. The number of nitrogens with two attached hydrogens (primary N) is 1. The second kappa shape index (κ2) is 10.8. The highest BCUT2D eigenvalue weighted by Gasteiger charge is 2.16. The number of carbonyl (C=O) groups excluding carboxylic acids is 1. The number of benzene rings is 2. The van der Waals surface area contributed by atoms with Gasteiger partial charge in [-0.05, 0) is 56.1 Å². The van der Waals surface area contributed by atoms with Gasteiger partial charge in [0.1, 0.15) is 0 Å². The van der Waals surface area contributed by atoms with Gasteiger partial charge < -0.3 is 10.6 Å². The Morgan fingerprint density at radius 3 is 2.41 bits per heavy atom. The maximum Gasteiger partial charge on any atom is 0.254 e. The molecule has 0 saturated carbocycles. The minimum atomic E-state index is 0. The van der Waals surface area contributed by atoms with Gasteiger partial charge in [0.15, 0.2) is 0 Å². The molecule has 0 unspecified atom stereocenters. The summed E-state index contributed by atoms with van der Waals surface area (Å²) in [5, 5.41) is 4.52. The summed E-state index contributed by atoms with van der Waals surface area (Å²) in [6.07, 6.45) is 0.782. The number of carbonyl (C=O) groups is 1. The van der Waals surface area contributed by atoms with Crippen LogP contribution >= 0.6 is 12.4 Å². The van der Waals surface area contributed by atoms with E-state index in [0.29, 0.717) is 31.7 Å². The number of hydrogen-bond acceptors (Lipinski definition) is 3. The molecule has 3 aromatic rings. The zero-order valence-electron chi connectivity index (χ0n) is 17.0. The molecule has 2 aromatic carbocycles. The van der Waals surface area contributed by atoms with Gasteiger partial charge in [-0.25, -0.2) is 0 Å². The quantitative estimate of drug-likeness (QED) is 0.609. The summed E-state index contributed by atoms with van der Waals surface area (Å²) in [6.45, 7) is 6.48. The standard InChI is InChI=1S/C23H28N4O.ClH/c1-18-14-19(2)27(25-18)17-21-10-6-11-22(15-21)23(28)26(13-7-12-24)16-20-8-4-3-5-9-20;/h3-6,8-11,14-15H,7,12-13,16-17,24H2,1-2H3;1H. The van der Waals surface area contributed by atoms with E-state index in [9.17, 15) is 4.79 Å². The van der Waals surface area contributed by atoms with Gasteiger partial charge in [0, 0.05) is 24.3 Å². The van der Waals surface area contributed by atoms with Crippen molar-refractivity contribution in [2.45, 2.75) is 33.4 Å². The molecule has 0 aliphatic carbocycles. The molecule has 5 nitrogen and oxygen atoms in total. The van der Waals surface area contributed by atoms with Gasteiger partial charge in [-0.2, -0.15) is 5.10 Å². The van der Waals surface area contributed by atoms with E-state index in [1.807, 2.05) is 78.0 Å². The first-order valence-electron chi connectivity index (χ1n) is 9.70. The van der Waals surface area contributed by atoms with Crippen LogP contribution in [0.5, 0.6) is 0 Å². The van der Waals surface area contributed by atoms with Crippen molar-refractivity contribution in [2.24, 2.45) is 5.73 Å². The van der Waals surface area contributed by atoms with E-state index >= 15 is 0 Å². The SMILES string of the molecule is Cc1cc(C)n(Cc2cccc(C(=O)N(CCCN)Cc3ccccc3)c2)n1.Cl. The van der Waals surface area contributed by atoms with Crippen LogP contribution in [0.15, 0.2) is 60.7 Å². The second-order valence-electron chi connectivity index (χ2n) is 7.14. The Kier molecular flexibility index (Phi) is 8.43. The Labute approximate surface area is 178 Å². The lowest BCUT2D eigenvalue weighted by atomic mass is 10.1. The Hall–Kier alpha value is -2.63. The van der Waals surface area contributed by atoms with Crippen LogP contribution in [0.3, 0.4) is 0 Å². The molecule has 154 valence electrons. The predicted octanol–water partition coefficient (Wildman–Crippen LogP) is 3.96. The Bertz CT molecular complexity index is 924. The van der Waals surface area contributed by atoms with Gasteiger partial charge in [-0.3, -0.25) is 9.48 Å². The lowest BCUT2D eigenvalue weighted by Gasteiger charge is -2.23. The summed E-state index contributed by atoms with van der Waals surface area (Å²) in [5.74, 6) is 0.0347. The molecule has 1 amide bonds. The number of hydrogen-bond donors (Lipinski definition) is 1. The van der Waals surface area contributed by atoms with Crippen molar-refractivity contribution in [3.05, 3.63) is 88.7 Å². The first-order valence-corrected chi connectivity index (χ1v) is 9.70. The van der Waals surface area contributed by atoms with Crippen molar-refractivity contribution in [2.75, 3.05) is 13.1 Å². The van der Waals surface area contributed by atoms with Crippen molar-refractivity contribution < 1.29 is 4.79 Å². The van der Waals surface area contributed by atoms with E-state index in [1.54, 1.807) is 0 Å². The van der Waals surface area contributed by atoms with Crippen molar-refractivity contribution >= 4 is 18.3 Å². The largest absolute Gasteiger partial charge is 0.334 e. The Morgan fingerprint density at radius 1 is 1.03 bits per heavy atom. The van der Waals surface area contributed by atoms with Crippen molar-refractivity contribution in [1.29, 1.82) is 0 Å². The second-order valence-corrected chi connectivity index (χ2v) is 7.14. The average molecular weight is 413 g/mol. The van der Waals surface area contributed by atoms with E-state index in [0.717, 1.165) is 28.9 Å². The van der Waals surface area contributed by atoms with Gasteiger partial charge in [-0.15, -0.1) is 12.4 Å². The lowest BCUT2D eigenvalue weighted by Crippen LogP contribution is -2.32. The van der Waals surface area contributed by atoms with Crippen LogP contribution in [0.4, 0.5) is 0 Å². The summed E-state index contributed by atoms with van der Waals surface area (Å²) in [4.78, 5) is 15.1. The van der Waals surface area contributed by atoms with E-state index in [4.69, 9.17) is 5.73 Å². The number of halogens is 1. The summed E-state index contributed by atoms with van der Waals surface area (Å²) in [6, 6.07) is 20.0. The number of aromatic nitrogens is 2. The number of aryl methyl sites for hydroxylation is 2. The first kappa shape index (κ1) is 22.7. The topological polar surface area (TPSA) is 64.2 Å². The molecular formula is C23H29ClN4O. The highest BCUT2D eigenvalue weighted by molar-refractivity contribution is 5.94. The predicted molar refractivity (Wildman–Crippen MR) is 119 cm³/mol. The Morgan fingerprint density at radius 2 is 1.76 bits per heavy atom. The molecule has 0 aliphatic heterocycles. The number of nitrogens with zero attached hydrogens (tertiary/aromatic N) is 3. The van der Waals surface area contributed by atoms with Crippen LogP contribution in [-0.2, 0) is 13.1 Å². The monoisotopic (exact) mass is 412 g/mol. The molecule has 0 fully saturated rings. The highest BCUT2D eigenvalue weighted by Crippen LogP contribution is 2.14. The van der Waals surface area contributed by atoms with Crippen LogP contribution in [0.1, 0.15) is 39.3 Å². The molecule has 0 saturated heterocycles. The van der Waals surface area contributed by atoms with Gasteiger partial charge >= 0.3 is 0 Å². The van der Waals surface area contributed by atoms with E-state index in [1.165, 1.54) is 0 Å². The fourth-order valence-electron chi connectivity index (χ4n) is 3.33. The van der Waals surface area contributed by atoms with Gasteiger partial charge in [0.05, 0.1) is 12.2 Å². The van der Waals surface area contributed by atoms with Crippen LogP contribution in [0.2, 0.25) is 0 Å². The molecule has 0 atom stereocenters. The van der Waals surface area contributed by atoms with Crippen LogP contribution in [0, 0.1) is 13.8 Å². The third kappa shape index (κ3) is 6.17. The van der Waals surface area contributed by atoms with E-state index < -0.39 is 0 Å². The summed E-state index contributed by atoms with van der Waals surface area (Å²) in [7, 11) is 0. The molecule has 1 heterocycles. The summed E-state index contributed by atoms with van der Waals surface area (Å²) < 4.78 is 1.97.